The van der Waals surface area contributed by atoms with E-state index in [1.165, 1.54) is 0 Å². The molecule has 1 aromatic rings. The average molecular weight is 291 g/mol. The summed E-state index contributed by atoms with van der Waals surface area (Å²) in [6, 6.07) is 1.88. The summed E-state index contributed by atoms with van der Waals surface area (Å²) in [5, 5.41) is 3.05. The van der Waals surface area contributed by atoms with Gasteiger partial charge in [0.1, 0.15) is 17.5 Å². The Balaban J connectivity index is 2.12. The van der Waals surface area contributed by atoms with Crippen LogP contribution in [0.1, 0.15) is 38.4 Å². The molecule has 0 atom stereocenters. The quantitative estimate of drug-likeness (QED) is 0.894. The SMILES string of the molecule is CNc1cc(N(C)CC(=O)N2CCCC2)nc(C(C)C)n1. The highest BCUT2D eigenvalue weighted by molar-refractivity contribution is 5.81. The minimum Gasteiger partial charge on any atom is -0.373 e. The Morgan fingerprint density at radius 3 is 2.62 bits per heavy atom. The zero-order valence-electron chi connectivity index (χ0n) is 13.4. The van der Waals surface area contributed by atoms with Crippen LogP contribution in [-0.2, 0) is 4.79 Å². The summed E-state index contributed by atoms with van der Waals surface area (Å²) in [6.07, 6.45) is 2.23. The first-order valence-electron chi connectivity index (χ1n) is 7.57. The molecule has 0 spiro atoms. The maximum atomic E-state index is 12.2. The van der Waals surface area contributed by atoms with E-state index in [4.69, 9.17) is 0 Å². The molecule has 6 heteroatoms. The number of likely N-dealkylation sites (tertiary alicyclic amines) is 1. The topological polar surface area (TPSA) is 61.4 Å². The number of carbonyl (C=O) groups is 1. The van der Waals surface area contributed by atoms with E-state index in [0.29, 0.717) is 6.54 Å². The van der Waals surface area contributed by atoms with Crippen LogP contribution in [0.15, 0.2) is 6.07 Å². The summed E-state index contributed by atoms with van der Waals surface area (Å²) in [5.74, 6) is 2.78. The van der Waals surface area contributed by atoms with E-state index < -0.39 is 0 Å². The largest absolute Gasteiger partial charge is 0.373 e. The molecule has 116 valence electrons. The number of carbonyl (C=O) groups excluding carboxylic acids is 1. The molecule has 21 heavy (non-hydrogen) atoms. The van der Waals surface area contributed by atoms with E-state index in [9.17, 15) is 4.79 Å². The minimum absolute atomic E-state index is 0.172. The lowest BCUT2D eigenvalue weighted by atomic mass is 10.2. The monoisotopic (exact) mass is 291 g/mol. The second kappa shape index (κ2) is 6.74. The molecule has 1 saturated heterocycles. The number of nitrogens with one attached hydrogen (secondary N) is 1. The summed E-state index contributed by atoms with van der Waals surface area (Å²) < 4.78 is 0. The van der Waals surface area contributed by atoms with Crippen molar-refractivity contribution in [2.45, 2.75) is 32.6 Å². The van der Waals surface area contributed by atoms with Crippen LogP contribution in [0.4, 0.5) is 11.6 Å². The molecule has 1 aliphatic rings. The van der Waals surface area contributed by atoms with Crippen LogP contribution in [0.2, 0.25) is 0 Å². The fourth-order valence-electron chi connectivity index (χ4n) is 2.38. The van der Waals surface area contributed by atoms with Gasteiger partial charge in [-0.1, -0.05) is 13.8 Å². The molecular weight excluding hydrogens is 266 g/mol. The molecule has 1 fully saturated rings. The summed E-state index contributed by atoms with van der Waals surface area (Å²) in [4.78, 5) is 25.1. The van der Waals surface area contributed by atoms with Crippen LogP contribution >= 0.6 is 0 Å². The third kappa shape index (κ3) is 3.83. The van der Waals surface area contributed by atoms with Gasteiger partial charge in [0.25, 0.3) is 0 Å². The zero-order valence-corrected chi connectivity index (χ0v) is 13.4. The maximum Gasteiger partial charge on any atom is 0.242 e. The smallest absolute Gasteiger partial charge is 0.242 e. The van der Waals surface area contributed by atoms with Crippen LogP contribution < -0.4 is 10.2 Å². The molecule has 1 N–H and O–H groups in total. The highest BCUT2D eigenvalue weighted by Crippen LogP contribution is 2.19. The molecule has 1 amide bonds. The van der Waals surface area contributed by atoms with Crippen LogP contribution in [0.5, 0.6) is 0 Å². The molecule has 2 rings (SSSR count). The fourth-order valence-corrected chi connectivity index (χ4v) is 2.38. The van der Waals surface area contributed by atoms with Crippen LogP contribution in [0.25, 0.3) is 0 Å². The van der Waals surface area contributed by atoms with Crippen molar-refractivity contribution in [3.63, 3.8) is 0 Å². The molecule has 0 bridgehead atoms. The number of anilines is 2. The van der Waals surface area contributed by atoms with Gasteiger partial charge < -0.3 is 15.1 Å². The maximum absolute atomic E-state index is 12.2. The first-order valence-corrected chi connectivity index (χ1v) is 7.57. The van der Waals surface area contributed by atoms with Crippen molar-refractivity contribution >= 4 is 17.5 Å². The molecule has 1 aliphatic heterocycles. The predicted octanol–water partition coefficient (Wildman–Crippen LogP) is 1.70. The number of nitrogens with zero attached hydrogens (tertiary/aromatic N) is 4. The fraction of sp³-hybridized carbons (Fsp3) is 0.667. The number of hydrogen-bond donors (Lipinski definition) is 1. The molecule has 2 heterocycles. The number of rotatable bonds is 5. The molecule has 1 aromatic heterocycles. The number of hydrogen-bond acceptors (Lipinski definition) is 5. The van der Waals surface area contributed by atoms with Gasteiger partial charge in [-0.2, -0.15) is 0 Å². The van der Waals surface area contributed by atoms with Crippen molar-refractivity contribution in [3.8, 4) is 0 Å². The van der Waals surface area contributed by atoms with Crippen molar-refractivity contribution < 1.29 is 4.79 Å². The van der Waals surface area contributed by atoms with Gasteiger partial charge in [-0.05, 0) is 12.8 Å². The van der Waals surface area contributed by atoms with Gasteiger partial charge in [-0.25, -0.2) is 9.97 Å². The van der Waals surface area contributed by atoms with E-state index in [-0.39, 0.29) is 11.8 Å². The van der Waals surface area contributed by atoms with E-state index >= 15 is 0 Å². The van der Waals surface area contributed by atoms with E-state index in [1.807, 2.05) is 30.0 Å². The van der Waals surface area contributed by atoms with E-state index in [2.05, 4.69) is 29.1 Å². The average Bonchev–Trinajstić information content (AvgIpc) is 3.00. The molecular formula is C15H25N5O. The Morgan fingerprint density at radius 2 is 2.05 bits per heavy atom. The van der Waals surface area contributed by atoms with Gasteiger partial charge in [0.05, 0.1) is 6.54 Å². The Labute approximate surface area is 126 Å². The zero-order chi connectivity index (χ0) is 15.4. The number of amides is 1. The van der Waals surface area contributed by atoms with Crippen LogP contribution in [0.3, 0.4) is 0 Å². The van der Waals surface area contributed by atoms with Crippen molar-refractivity contribution in [1.29, 1.82) is 0 Å². The second-order valence-corrected chi connectivity index (χ2v) is 5.82. The third-order valence-corrected chi connectivity index (χ3v) is 3.72. The summed E-state index contributed by atoms with van der Waals surface area (Å²) in [6.45, 7) is 6.25. The van der Waals surface area contributed by atoms with E-state index in [0.717, 1.165) is 43.4 Å². The molecule has 0 aromatic carbocycles. The van der Waals surface area contributed by atoms with Crippen molar-refractivity contribution in [2.75, 3.05) is 43.9 Å². The molecule has 0 unspecified atom stereocenters. The molecule has 6 nitrogen and oxygen atoms in total. The Hall–Kier alpha value is -1.85. The van der Waals surface area contributed by atoms with Crippen LogP contribution in [-0.4, -0.2) is 54.5 Å². The second-order valence-electron chi connectivity index (χ2n) is 5.82. The predicted molar refractivity (Wildman–Crippen MR) is 84.8 cm³/mol. The van der Waals surface area contributed by atoms with Crippen LogP contribution in [0, 0.1) is 0 Å². The molecule has 0 radical (unpaired) electrons. The Bertz CT molecular complexity index is 497. The first kappa shape index (κ1) is 15.5. The Morgan fingerprint density at radius 1 is 1.38 bits per heavy atom. The lowest BCUT2D eigenvalue weighted by molar-refractivity contribution is -0.128. The van der Waals surface area contributed by atoms with Gasteiger partial charge >= 0.3 is 0 Å². The highest BCUT2D eigenvalue weighted by atomic mass is 16.2. The summed E-state index contributed by atoms with van der Waals surface area (Å²) >= 11 is 0. The van der Waals surface area contributed by atoms with Gasteiger partial charge in [-0.3, -0.25) is 4.79 Å². The van der Waals surface area contributed by atoms with Gasteiger partial charge in [0, 0.05) is 39.2 Å². The molecule has 0 aliphatic carbocycles. The van der Waals surface area contributed by atoms with Crippen molar-refractivity contribution in [1.82, 2.24) is 14.9 Å². The van der Waals surface area contributed by atoms with Gasteiger partial charge in [0.2, 0.25) is 5.91 Å². The molecule has 0 saturated carbocycles. The van der Waals surface area contributed by atoms with Gasteiger partial charge in [-0.15, -0.1) is 0 Å². The van der Waals surface area contributed by atoms with Crippen molar-refractivity contribution in [2.24, 2.45) is 0 Å². The van der Waals surface area contributed by atoms with Crippen molar-refractivity contribution in [3.05, 3.63) is 11.9 Å². The first-order chi connectivity index (χ1) is 10.0. The lowest BCUT2D eigenvalue weighted by Crippen LogP contribution is -2.37. The standard InChI is InChI=1S/C15H25N5O/c1-11(2)15-17-12(16-3)9-13(18-15)19(4)10-14(21)20-7-5-6-8-20/h9,11H,5-8,10H2,1-4H3,(H,16,17,18). The van der Waals surface area contributed by atoms with E-state index in [1.54, 1.807) is 0 Å². The lowest BCUT2D eigenvalue weighted by Gasteiger charge is -2.23. The minimum atomic E-state index is 0.172. The Kier molecular flexibility index (Phi) is 4.98. The van der Waals surface area contributed by atoms with Gasteiger partial charge in [0.15, 0.2) is 0 Å². The number of likely N-dealkylation sites (N-methyl/N-ethyl adjacent to an activating group) is 1. The summed E-state index contributed by atoms with van der Waals surface area (Å²) in [5.41, 5.74) is 0. The highest BCUT2D eigenvalue weighted by Gasteiger charge is 2.20. The normalized spacial score (nSPS) is 14.6. The third-order valence-electron chi connectivity index (χ3n) is 3.72. The number of aromatic nitrogens is 2. The summed E-state index contributed by atoms with van der Waals surface area (Å²) in [7, 11) is 3.74.